The van der Waals surface area contributed by atoms with Crippen molar-refractivity contribution in [3.63, 3.8) is 0 Å². The third-order valence-corrected chi connectivity index (χ3v) is 4.13. The fourth-order valence-corrected chi connectivity index (χ4v) is 2.92. The molecule has 4 heteroatoms. The lowest BCUT2D eigenvalue weighted by molar-refractivity contribution is -0.185. The Morgan fingerprint density at radius 2 is 1.89 bits per heavy atom. The number of rotatable bonds is 2. The predicted octanol–water partition coefficient (Wildman–Crippen LogP) is 2.47. The number of nitrogens with zero attached hydrogens (tertiary/aromatic N) is 1. The first-order chi connectivity index (χ1) is 9.17. The smallest absolute Gasteiger partial charge is 0.170 e. The van der Waals surface area contributed by atoms with E-state index in [-0.39, 0.29) is 11.6 Å². The van der Waals surface area contributed by atoms with Crippen LogP contribution in [0, 0.1) is 12.7 Å². The van der Waals surface area contributed by atoms with E-state index in [4.69, 9.17) is 9.47 Å². The summed E-state index contributed by atoms with van der Waals surface area (Å²) in [5, 5.41) is 0. The van der Waals surface area contributed by atoms with Gasteiger partial charge in [0.15, 0.2) is 5.79 Å². The predicted molar refractivity (Wildman–Crippen MR) is 70.3 cm³/mol. The van der Waals surface area contributed by atoms with Crippen LogP contribution in [0.25, 0.3) is 0 Å². The van der Waals surface area contributed by atoms with Crippen LogP contribution in [-0.2, 0) is 16.0 Å². The van der Waals surface area contributed by atoms with Gasteiger partial charge in [-0.15, -0.1) is 0 Å². The van der Waals surface area contributed by atoms with Gasteiger partial charge in [-0.3, -0.25) is 4.90 Å². The molecule has 0 amide bonds. The van der Waals surface area contributed by atoms with Crippen molar-refractivity contribution in [1.82, 2.24) is 4.90 Å². The number of likely N-dealkylation sites (tertiary alicyclic amines) is 1. The molecule has 3 rings (SSSR count). The van der Waals surface area contributed by atoms with E-state index in [1.807, 2.05) is 13.0 Å². The van der Waals surface area contributed by atoms with Gasteiger partial charge < -0.3 is 9.47 Å². The topological polar surface area (TPSA) is 21.7 Å². The minimum Gasteiger partial charge on any atom is -0.347 e. The van der Waals surface area contributed by atoms with Crippen LogP contribution in [-0.4, -0.2) is 37.0 Å². The molecule has 2 fully saturated rings. The van der Waals surface area contributed by atoms with E-state index in [9.17, 15) is 4.39 Å². The van der Waals surface area contributed by atoms with E-state index in [2.05, 4.69) is 4.90 Å². The third kappa shape index (κ3) is 2.81. The zero-order chi connectivity index (χ0) is 13.3. The van der Waals surface area contributed by atoms with Crippen LogP contribution in [0.4, 0.5) is 4.39 Å². The molecule has 2 aliphatic rings. The summed E-state index contributed by atoms with van der Waals surface area (Å²) in [6.45, 7) is 6.22. The van der Waals surface area contributed by atoms with Crippen molar-refractivity contribution in [1.29, 1.82) is 0 Å². The first-order valence-corrected chi connectivity index (χ1v) is 6.92. The second-order valence-corrected chi connectivity index (χ2v) is 5.45. The Balaban J connectivity index is 1.60. The van der Waals surface area contributed by atoms with Crippen molar-refractivity contribution in [3.8, 4) is 0 Å². The molecule has 0 saturated carbocycles. The zero-order valence-electron chi connectivity index (χ0n) is 11.3. The molecule has 1 spiro atoms. The number of ether oxygens (including phenoxy) is 2. The number of hydrogen-bond donors (Lipinski definition) is 0. The first kappa shape index (κ1) is 13.0. The summed E-state index contributed by atoms with van der Waals surface area (Å²) in [7, 11) is 0. The minimum atomic E-state index is -0.311. The van der Waals surface area contributed by atoms with Crippen molar-refractivity contribution < 1.29 is 13.9 Å². The number of piperidine rings is 1. The fraction of sp³-hybridized carbons (Fsp3) is 0.600. The summed E-state index contributed by atoms with van der Waals surface area (Å²) in [6.07, 6.45) is 1.85. The molecule has 0 N–H and O–H groups in total. The number of hydrogen-bond acceptors (Lipinski definition) is 3. The van der Waals surface area contributed by atoms with Gasteiger partial charge in [-0.2, -0.15) is 0 Å². The van der Waals surface area contributed by atoms with E-state index in [1.165, 1.54) is 11.6 Å². The van der Waals surface area contributed by atoms with Crippen LogP contribution in [0.1, 0.15) is 24.0 Å². The summed E-state index contributed by atoms with van der Waals surface area (Å²) >= 11 is 0. The molecule has 0 bridgehead atoms. The lowest BCUT2D eigenvalue weighted by atomic mass is 10.0. The zero-order valence-corrected chi connectivity index (χ0v) is 11.3. The SMILES string of the molecule is Cc1cc(F)ccc1CN1CCC2(CC1)OCCO2. The average molecular weight is 265 g/mol. The van der Waals surface area contributed by atoms with Gasteiger partial charge in [0.1, 0.15) is 5.82 Å². The highest BCUT2D eigenvalue weighted by Gasteiger charge is 2.39. The summed E-state index contributed by atoms with van der Waals surface area (Å²) in [5.41, 5.74) is 2.22. The Kier molecular flexibility index (Phi) is 3.56. The Morgan fingerprint density at radius 3 is 2.53 bits per heavy atom. The molecule has 0 unspecified atom stereocenters. The van der Waals surface area contributed by atoms with Gasteiger partial charge in [0.25, 0.3) is 0 Å². The molecule has 0 aromatic heterocycles. The van der Waals surface area contributed by atoms with Crippen LogP contribution in [0.5, 0.6) is 0 Å². The Hall–Kier alpha value is -0.970. The second-order valence-electron chi connectivity index (χ2n) is 5.45. The van der Waals surface area contributed by atoms with E-state index >= 15 is 0 Å². The molecule has 1 aromatic rings. The summed E-state index contributed by atoms with van der Waals surface area (Å²) in [6, 6.07) is 5.03. The molecule has 0 radical (unpaired) electrons. The molecule has 2 saturated heterocycles. The van der Waals surface area contributed by atoms with Crippen molar-refractivity contribution >= 4 is 0 Å². The lowest BCUT2D eigenvalue weighted by Gasteiger charge is -2.37. The lowest BCUT2D eigenvalue weighted by Crippen LogP contribution is -2.44. The van der Waals surface area contributed by atoms with Crippen molar-refractivity contribution in [2.45, 2.75) is 32.1 Å². The highest BCUT2D eigenvalue weighted by atomic mass is 19.1. The second kappa shape index (κ2) is 5.19. The largest absolute Gasteiger partial charge is 0.347 e. The molecule has 3 nitrogen and oxygen atoms in total. The number of aryl methyl sites for hydroxylation is 1. The van der Waals surface area contributed by atoms with Gasteiger partial charge in [-0.1, -0.05) is 6.07 Å². The maximum Gasteiger partial charge on any atom is 0.170 e. The number of halogens is 1. The van der Waals surface area contributed by atoms with Crippen LogP contribution in [0.2, 0.25) is 0 Å². The normalized spacial score (nSPS) is 23.1. The van der Waals surface area contributed by atoms with Crippen molar-refractivity contribution in [2.75, 3.05) is 26.3 Å². The van der Waals surface area contributed by atoms with Gasteiger partial charge in [0.05, 0.1) is 13.2 Å². The molecule has 0 atom stereocenters. The molecular formula is C15H20FNO2. The van der Waals surface area contributed by atoms with E-state index in [0.717, 1.165) is 51.3 Å². The first-order valence-electron chi connectivity index (χ1n) is 6.92. The fourth-order valence-electron chi connectivity index (χ4n) is 2.92. The van der Waals surface area contributed by atoms with E-state index in [1.54, 1.807) is 6.07 Å². The van der Waals surface area contributed by atoms with Gasteiger partial charge in [0, 0.05) is 32.5 Å². The number of benzene rings is 1. The molecule has 19 heavy (non-hydrogen) atoms. The molecule has 0 aliphatic carbocycles. The standard InChI is InChI=1S/C15H20FNO2/c1-12-10-14(16)3-2-13(12)11-17-6-4-15(5-7-17)18-8-9-19-15/h2-3,10H,4-9,11H2,1H3. The summed E-state index contributed by atoms with van der Waals surface area (Å²) in [5.74, 6) is -0.472. The molecular weight excluding hydrogens is 245 g/mol. The molecule has 2 aliphatic heterocycles. The maximum atomic E-state index is 13.1. The van der Waals surface area contributed by atoms with Crippen LogP contribution >= 0.6 is 0 Å². The van der Waals surface area contributed by atoms with Gasteiger partial charge >= 0.3 is 0 Å². The van der Waals surface area contributed by atoms with Crippen LogP contribution < -0.4 is 0 Å². The maximum absolute atomic E-state index is 13.1. The minimum absolute atomic E-state index is 0.161. The summed E-state index contributed by atoms with van der Waals surface area (Å²) in [4.78, 5) is 2.39. The molecule has 2 heterocycles. The van der Waals surface area contributed by atoms with Gasteiger partial charge in [-0.25, -0.2) is 4.39 Å². The van der Waals surface area contributed by atoms with Crippen molar-refractivity contribution in [3.05, 3.63) is 35.1 Å². The van der Waals surface area contributed by atoms with Crippen LogP contribution in [0.15, 0.2) is 18.2 Å². The highest BCUT2D eigenvalue weighted by Crippen LogP contribution is 2.31. The van der Waals surface area contributed by atoms with E-state index < -0.39 is 0 Å². The van der Waals surface area contributed by atoms with Crippen molar-refractivity contribution in [2.24, 2.45) is 0 Å². The third-order valence-electron chi connectivity index (χ3n) is 4.13. The van der Waals surface area contributed by atoms with Crippen LogP contribution in [0.3, 0.4) is 0 Å². The Morgan fingerprint density at radius 1 is 1.21 bits per heavy atom. The van der Waals surface area contributed by atoms with Gasteiger partial charge in [0.2, 0.25) is 0 Å². The highest BCUT2D eigenvalue weighted by molar-refractivity contribution is 5.26. The Bertz CT molecular complexity index is 447. The quantitative estimate of drug-likeness (QED) is 0.820. The monoisotopic (exact) mass is 265 g/mol. The molecule has 104 valence electrons. The summed E-state index contributed by atoms with van der Waals surface area (Å²) < 4.78 is 24.5. The average Bonchev–Trinajstić information content (AvgIpc) is 2.84. The Labute approximate surface area is 113 Å². The van der Waals surface area contributed by atoms with E-state index in [0.29, 0.717) is 0 Å². The molecule has 1 aromatic carbocycles. The van der Waals surface area contributed by atoms with Gasteiger partial charge in [-0.05, 0) is 30.2 Å².